The third-order valence-corrected chi connectivity index (χ3v) is 6.62. The molecule has 3 aromatic carbocycles. The number of aromatic amines is 1. The largest absolute Gasteiger partial charge is 0.382 e. The Kier molecular flexibility index (Phi) is 9.97. The summed E-state index contributed by atoms with van der Waals surface area (Å²) in [6.45, 7) is 1.83. The van der Waals surface area contributed by atoms with Gasteiger partial charge in [0.15, 0.2) is 0 Å². The third-order valence-electron chi connectivity index (χ3n) is 5.55. The Morgan fingerprint density at radius 2 is 1.82 bits per heavy atom. The second-order valence-electron chi connectivity index (χ2n) is 8.27. The lowest BCUT2D eigenvalue weighted by Gasteiger charge is -2.08. The number of methoxy groups -OCH3 is 1. The van der Waals surface area contributed by atoms with Crippen molar-refractivity contribution in [2.75, 3.05) is 45.8 Å². The van der Waals surface area contributed by atoms with E-state index in [0.717, 1.165) is 26.3 Å². The number of carbonyl (C=O) groups excluding carboxylic acids is 2. The van der Waals surface area contributed by atoms with Crippen LogP contribution in [0.1, 0.15) is 21.6 Å². The molecule has 0 aliphatic rings. The van der Waals surface area contributed by atoms with Crippen LogP contribution in [0.3, 0.4) is 0 Å². The summed E-state index contributed by atoms with van der Waals surface area (Å²) in [5.41, 5.74) is 3.58. The van der Waals surface area contributed by atoms with Crippen molar-refractivity contribution in [3.63, 3.8) is 0 Å². The van der Waals surface area contributed by atoms with Gasteiger partial charge in [0.25, 0.3) is 5.91 Å². The summed E-state index contributed by atoms with van der Waals surface area (Å²) in [7, 11) is 3.23. The third kappa shape index (κ3) is 7.85. The molecule has 0 aliphatic heterocycles. The summed E-state index contributed by atoms with van der Waals surface area (Å²) in [5.74, 6) is 6.12. The average molecular weight is 544 g/mol. The first-order chi connectivity index (χ1) is 19.1. The van der Waals surface area contributed by atoms with Gasteiger partial charge in [-0.1, -0.05) is 29.8 Å². The van der Waals surface area contributed by atoms with Crippen LogP contribution >= 0.6 is 11.8 Å². The summed E-state index contributed by atoms with van der Waals surface area (Å²) in [5, 5.41) is 16.5. The van der Waals surface area contributed by atoms with E-state index in [1.165, 1.54) is 11.8 Å². The number of rotatable bonds is 10. The quantitative estimate of drug-likeness (QED) is 0.175. The Labute approximate surface area is 231 Å². The maximum Gasteiger partial charge on any atom is 0.319 e. The number of ether oxygens (including phenoxy) is 2. The number of amides is 3. The van der Waals surface area contributed by atoms with Crippen molar-refractivity contribution in [2.45, 2.75) is 9.79 Å². The minimum absolute atomic E-state index is 0.120. The number of urea groups is 1. The molecule has 1 heterocycles. The fourth-order valence-electron chi connectivity index (χ4n) is 3.59. The Balaban J connectivity index is 1.36. The first-order valence-electron chi connectivity index (χ1n) is 12.3. The first-order valence-corrected chi connectivity index (χ1v) is 13.1. The monoisotopic (exact) mass is 543 g/mol. The Morgan fingerprint density at radius 3 is 2.62 bits per heavy atom. The summed E-state index contributed by atoms with van der Waals surface area (Å²) in [4.78, 5) is 26.1. The molecule has 4 N–H and O–H groups in total. The molecule has 0 atom stereocenters. The molecular weight excluding hydrogens is 514 g/mol. The van der Waals surface area contributed by atoms with Crippen molar-refractivity contribution >= 4 is 40.3 Å². The fourth-order valence-corrected chi connectivity index (χ4v) is 4.57. The molecule has 4 aromatic rings. The number of H-pyrrole nitrogens is 1. The molecule has 1 aromatic heterocycles. The number of nitrogens with one attached hydrogen (secondary N) is 4. The van der Waals surface area contributed by atoms with E-state index in [2.05, 4.69) is 38.0 Å². The van der Waals surface area contributed by atoms with Crippen LogP contribution in [0.25, 0.3) is 10.9 Å². The van der Waals surface area contributed by atoms with Gasteiger partial charge in [-0.2, -0.15) is 5.10 Å². The van der Waals surface area contributed by atoms with Gasteiger partial charge in [-0.15, -0.1) is 0 Å². The molecule has 0 radical (unpaired) electrons. The number of hydrogen-bond donors (Lipinski definition) is 4. The van der Waals surface area contributed by atoms with Crippen molar-refractivity contribution in [3.8, 4) is 11.8 Å². The van der Waals surface area contributed by atoms with Crippen molar-refractivity contribution in [1.29, 1.82) is 0 Å². The molecule has 10 heteroatoms. The van der Waals surface area contributed by atoms with Crippen LogP contribution in [0.15, 0.2) is 76.5 Å². The maximum atomic E-state index is 12.2. The molecule has 0 aliphatic carbocycles. The minimum atomic E-state index is -0.304. The number of benzene rings is 3. The lowest BCUT2D eigenvalue weighted by Crippen LogP contribution is -2.31. The standard InChI is InChI=1S/C29H29N5O4S/c1-30-28(35)24-5-3-4-6-27(24)39-22-12-13-23-25(33-34-26(23)19-22)14-9-20-7-10-21(11-8-20)32-29(36)31-15-16-38-18-17-37-2/h3-8,10-13,19H,15-18H2,1-2H3,(H,30,35)(H,33,34)(H2,31,32,36). The van der Waals surface area contributed by atoms with Crippen molar-refractivity contribution in [3.05, 3.63) is 83.6 Å². The van der Waals surface area contributed by atoms with Gasteiger partial charge in [0.05, 0.1) is 30.9 Å². The Morgan fingerprint density at radius 1 is 1.00 bits per heavy atom. The van der Waals surface area contributed by atoms with E-state index in [1.54, 1.807) is 26.3 Å². The second-order valence-corrected chi connectivity index (χ2v) is 9.39. The average Bonchev–Trinajstić information content (AvgIpc) is 3.36. The lowest BCUT2D eigenvalue weighted by atomic mass is 10.2. The van der Waals surface area contributed by atoms with E-state index in [9.17, 15) is 9.59 Å². The molecule has 39 heavy (non-hydrogen) atoms. The molecular formula is C29H29N5O4S. The van der Waals surface area contributed by atoms with Crippen molar-refractivity contribution in [1.82, 2.24) is 20.8 Å². The fraction of sp³-hybridized carbons (Fsp3) is 0.207. The minimum Gasteiger partial charge on any atom is -0.382 e. The number of fused-ring (bicyclic) bond motifs is 1. The van der Waals surface area contributed by atoms with E-state index in [4.69, 9.17) is 9.47 Å². The van der Waals surface area contributed by atoms with Gasteiger partial charge in [0.1, 0.15) is 5.69 Å². The van der Waals surface area contributed by atoms with Gasteiger partial charge in [-0.05, 0) is 60.5 Å². The van der Waals surface area contributed by atoms with E-state index >= 15 is 0 Å². The van der Waals surface area contributed by atoms with E-state index in [1.807, 2.05) is 54.6 Å². The highest BCUT2D eigenvalue weighted by molar-refractivity contribution is 7.99. The van der Waals surface area contributed by atoms with E-state index in [0.29, 0.717) is 43.3 Å². The number of carbonyl (C=O) groups is 2. The topological polar surface area (TPSA) is 117 Å². The number of hydrogen-bond acceptors (Lipinski definition) is 6. The predicted molar refractivity (Wildman–Crippen MR) is 152 cm³/mol. The van der Waals surface area contributed by atoms with Gasteiger partial charge in [0, 0.05) is 47.1 Å². The molecule has 0 saturated heterocycles. The normalized spacial score (nSPS) is 10.5. The molecule has 0 spiro atoms. The lowest BCUT2D eigenvalue weighted by molar-refractivity contribution is 0.0728. The van der Waals surface area contributed by atoms with E-state index < -0.39 is 0 Å². The number of aromatic nitrogens is 2. The van der Waals surface area contributed by atoms with Crippen molar-refractivity contribution < 1.29 is 19.1 Å². The molecule has 0 unspecified atom stereocenters. The van der Waals surface area contributed by atoms with Gasteiger partial charge in [-0.3, -0.25) is 9.89 Å². The smallest absolute Gasteiger partial charge is 0.319 e. The van der Waals surface area contributed by atoms with Crippen molar-refractivity contribution in [2.24, 2.45) is 0 Å². The second kappa shape index (κ2) is 14.0. The highest BCUT2D eigenvalue weighted by atomic mass is 32.2. The Hall–Kier alpha value is -4.30. The first kappa shape index (κ1) is 27.7. The van der Waals surface area contributed by atoms with Gasteiger partial charge in [-0.25, -0.2) is 4.79 Å². The van der Waals surface area contributed by atoms with Crippen LogP contribution in [0, 0.1) is 11.8 Å². The van der Waals surface area contributed by atoms with E-state index in [-0.39, 0.29) is 11.9 Å². The summed E-state index contributed by atoms with van der Waals surface area (Å²) in [6.07, 6.45) is 0. The van der Waals surface area contributed by atoms with Gasteiger partial charge < -0.3 is 25.4 Å². The number of anilines is 1. The molecule has 9 nitrogen and oxygen atoms in total. The summed E-state index contributed by atoms with van der Waals surface area (Å²) < 4.78 is 10.2. The Bertz CT molecular complexity index is 1490. The van der Waals surface area contributed by atoms with Crippen LogP contribution in [-0.2, 0) is 9.47 Å². The van der Waals surface area contributed by atoms with Gasteiger partial charge >= 0.3 is 6.03 Å². The highest BCUT2D eigenvalue weighted by Gasteiger charge is 2.12. The van der Waals surface area contributed by atoms with Crippen LogP contribution < -0.4 is 16.0 Å². The van der Waals surface area contributed by atoms with Crippen LogP contribution in [0.4, 0.5) is 10.5 Å². The number of nitrogens with zero attached hydrogens (tertiary/aromatic N) is 1. The van der Waals surface area contributed by atoms with Crippen LogP contribution in [-0.4, -0.2) is 62.7 Å². The molecule has 200 valence electrons. The summed E-state index contributed by atoms with van der Waals surface area (Å²) in [6, 6.07) is 20.4. The van der Waals surface area contributed by atoms with Crippen LogP contribution in [0.2, 0.25) is 0 Å². The predicted octanol–water partition coefficient (Wildman–Crippen LogP) is 4.26. The summed E-state index contributed by atoms with van der Waals surface area (Å²) >= 11 is 1.52. The zero-order chi connectivity index (χ0) is 27.5. The zero-order valence-electron chi connectivity index (χ0n) is 21.7. The molecule has 4 rings (SSSR count). The molecule has 0 bridgehead atoms. The zero-order valence-corrected chi connectivity index (χ0v) is 22.5. The SMILES string of the molecule is CNC(=O)c1ccccc1Sc1ccc2c(C#Cc3ccc(NC(=O)NCCOCCOC)cc3)n[nH]c2c1. The van der Waals surface area contributed by atoms with Gasteiger partial charge in [0.2, 0.25) is 0 Å². The van der Waals surface area contributed by atoms with Crippen LogP contribution in [0.5, 0.6) is 0 Å². The molecule has 3 amide bonds. The molecule has 0 fully saturated rings. The maximum absolute atomic E-state index is 12.2. The highest BCUT2D eigenvalue weighted by Crippen LogP contribution is 2.32. The molecule has 0 saturated carbocycles.